The molecule has 0 aliphatic carbocycles. The lowest BCUT2D eigenvalue weighted by molar-refractivity contribution is 0.335. The molecule has 0 aliphatic heterocycles. The van der Waals surface area contributed by atoms with Crippen LogP contribution in [-0.2, 0) is 23.8 Å². The summed E-state index contributed by atoms with van der Waals surface area (Å²) in [6.07, 6.45) is 7.95. The van der Waals surface area contributed by atoms with Crippen LogP contribution in [0.1, 0.15) is 35.9 Å². The first-order chi connectivity index (χ1) is 19.4. The smallest absolute Gasteiger partial charge is 0.180 e. The average molecular weight is 565 g/mol. The van der Waals surface area contributed by atoms with Crippen molar-refractivity contribution < 1.29 is 17.7 Å². The maximum atomic E-state index is 14.6. The first-order valence-corrected chi connectivity index (χ1v) is 14.4. The fraction of sp³-hybridized carbons (Fsp3) is 0.241. The quantitative estimate of drug-likeness (QED) is 0.180. The first kappa shape index (κ1) is 28.8. The van der Waals surface area contributed by atoms with Gasteiger partial charge in [0.15, 0.2) is 5.82 Å². The number of para-hydroxylation sites is 1. The summed E-state index contributed by atoms with van der Waals surface area (Å²) in [5.41, 5.74) is 2.47. The summed E-state index contributed by atoms with van der Waals surface area (Å²) in [6.45, 7) is 1.90. The molecule has 2 aromatic heterocycles. The molecule has 0 bridgehead atoms. The second kappa shape index (κ2) is 13.7. The molecular formula is C29H30F2N6O2S. The molecule has 0 unspecified atom stereocenters. The number of nitrogens with zero attached hydrogens (tertiary/aromatic N) is 3. The molecule has 1 atom stereocenters. The maximum absolute atomic E-state index is 14.6. The highest BCUT2D eigenvalue weighted by molar-refractivity contribution is 7.84. The normalized spacial score (nSPS) is 11.6. The molecule has 0 spiro atoms. The Balaban J connectivity index is 1.59. The van der Waals surface area contributed by atoms with Gasteiger partial charge in [0.2, 0.25) is 0 Å². The monoisotopic (exact) mass is 564 g/mol. The predicted octanol–water partition coefficient (Wildman–Crippen LogP) is 5.63. The van der Waals surface area contributed by atoms with Gasteiger partial charge in [0, 0.05) is 88.1 Å². The Hall–Kier alpha value is -4.25. The number of aryl methyl sites for hydroxylation is 1. The maximum Gasteiger partial charge on any atom is 0.180 e. The van der Waals surface area contributed by atoms with Gasteiger partial charge in [0.1, 0.15) is 28.9 Å². The number of rotatable bonds is 13. The van der Waals surface area contributed by atoms with E-state index in [2.05, 4.69) is 25.6 Å². The van der Waals surface area contributed by atoms with Crippen LogP contribution >= 0.6 is 0 Å². The summed E-state index contributed by atoms with van der Waals surface area (Å²) in [5, 5.41) is 15.2. The Kier molecular flexibility index (Phi) is 9.85. The first-order valence-electron chi connectivity index (χ1n) is 12.7. The van der Waals surface area contributed by atoms with Crippen molar-refractivity contribution in [1.29, 1.82) is 5.41 Å². The lowest BCUT2D eigenvalue weighted by atomic mass is 10.1. The van der Waals surface area contributed by atoms with Crippen LogP contribution in [-0.4, -0.2) is 43.5 Å². The standard InChI is InChI=1S/C29H30F2N6O2S/c1-3-39-21-15-24(30)23(25(31)16-21)18-34-26-9-5-4-8-22(26)27(32)29-35-17-19(7-6-14-40(2)38)28(37-29)36-20-10-12-33-13-11-20/h4-5,8-13,15-17,32,34H,3,6-7,14,18H2,1-2H3,(H,33,35,36,37)/t40-/m1/s1. The highest BCUT2D eigenvalue weighted by atomic mass is 32.2. The molecule has 0 radical (unpaired) electrons. The van der Waals surface area contributed by atoms with Crippen LogP contribution in [0.25, 0.3) is 0 Å². The van der Waals surface area contributed by atoms with Crippen molar-refractivity contribution in [3.05, 3.63) is 101 Å². The number of ether oxygens (including phenoxy) is 1. The summed E-state index contributed by atoms with van der Waals surface area (Å²) >= 11 is 0. The van der Waals surface area contributed by atoms with Crippen LogP contribution in [0, 0.1) is 17.0 Å². The fourth-order valence-corrected chi connectivity index (χ4v) is 4.57. The molecule has 0 aliphatic rings. The van der Waals surface area contributed by atoms with Crippen LogP contribution in [0.3, 0.4) is 0 Å². The average Bonchev–Trinajstić information content (AvgIpc) is 2.94. The predicted molar refractivity (Wildman–Crippen MR) is 154 cm³/mol. The van der Waals surface area contributed by atoms with Gasteiger partial charge in [-0.15, -0.1) is 0 Å². The van der Waals surface area contributed by atoms with Gasteiger partial charge in [-0.1, -0.05) is 18.2 Å². The zero-order valence-corrected chi connectivity index (χ0v) is 23.0. The summed E-state index contributed by atoms with van der Waals surface area (Å²) in [6, 6.07) is 12.9. The van der Waals surface area contributed by atoms with E-state index >= 15 is 0 Å². The Morgan fingerprint density at radius 3 is 2.52 bits per heavy atom. The zero-order chi connectivity index (χ0) is 28.5. The van der Waals surface area contributed by atoms with E-state index in [9.17, 15) is 13.0 Å². The molecule has 3 N–H and O–H groups in total. The van der Waals surface area contributed by atoms with Crippen molar-refractivity contribution in [2.75, 3.05) is 29.2 Å². The van der Waals surface area contributed by atoms with Gasteiger partial charge in [-0.2, -0.15) is 0 Å². The number of hydrogen-bond donors (Lipinski definition) is 3. The van der Waals surface area contributed by atoms with Gasteiger partial charge in [0.05, 0.1) is 6.61 Å². The van der Waals surface area contributed by atoms with E-state index in [0.717, 1.165) is 23.4 Å². The van der Waals surface area contributed by atoms with Crippen molar-refractivity contribution in [2.45, 2.75) is 26.3 Å². The Labute approximate surface area is 234 Å². The lowest BCUT2D eigenvalue weighted by Crippen LogP contribution is -2.14. The Morgan fingerprint density at radius 1 is 1.10 bits per heavy atom. The molecule has 0 saturated carbocycles. The van der Waals surface area contributed by atoms with E-state index in [-0.39, 0.29) is 29.4 Å². The highest BCUT2D eigenvalue weighted by Gasteiger charge is 2.17. The van der Waals surface area contributed by atoms with Crippen molar-refractivity contribution in [2.24, 2.45) is 0 Å². The van der Waals surface area contributed by atoms with Crippen molar-refractivity contribution in [3.63, 3.8) is 0 Å². The number of halogens is 2. The molecule has 4 rings (SSSR count). The van der Waals surface area contributed by atoms with Gasteiger partial charge in [0.25, 0.3) is 0 Å². The number of benzene rings is 2. The van der Waals surface area contributed by atoms with Crippen LogP contribution in [0.5, 0.6) is 5.75 Å². The molecule has 40 heavy (non-hydrogen) atoms. The number of anilines is 3. The third-order valence-corrected chi connectivity index (χ3v) is 6.85. The van der Waals surface area contributed by atoms with Gasteiger partial charge < -0.3 is 15.4 Å². The third-order valence-electron chi connectivity index (χ3n) is 5.99. The topological polar surface area (TPSA) is 113 Å². The number of hydrogen-bond acceptors (Lipinski definition) is 8. The van der Waals surface area contributed by atoms with E-state index in [1.165, 1.54) is 0 Å². The van der Waals surface area contributed by atoms with E-state index in [0.29, 0.717) is 42.3 Å². The van der Waals surface area contributed by atoms with E-state index in [1.54, 1.807) is 68.2 Å². The minimum absolute atomic E-state index is 0.0368. The molecule has 11 heteroatoms. The number of nitrogens with one attached hydrogen (secondary N) is 3. The zero-order valence-electron chi connectivity index (χ0n) is 22.2. The molecule has 8 nitrogen and oxygen atoms in total. The second-order valence-corrected chi connectivity index (χ2v) is 10.4. The molecule has 2 aromatic carbocycles. The summed E-state index contributed by atoms with van der Waals surface area (Å²) < 4.78 is 46.0. The molecule has 0 amide bonds. The second-order valence-electron chi connectivity index (χ2n) is 8.88. The minimum Gasteiger partial charge on any atom is -0.494 e. The highest BCUT2D eigenvalue weighted by Crippen LogP contribution is 2.25. The molecule has 2 heterocycles. The number of aromatic nitrogens is 3. The van der Waals surface area contributed by atoms with Crippen molar-refractivity contribution in [1.82, 2.24) is 15.0 Å². The van der Waals surface area contributed by atoms with Gasteiger partial charge in [-0.05, 0) is 38.0 Å². The van der Waals surface area contributed by atoms with Crippen LogP contribution in [0.2, 0.25) is 0 Å². The Bertz CT molecular complexity index is 1480. The fourth-order valence-electron chi connectivity index (χ4n) is 4.01. The summed E-state index contributed by atoms with van der Waals surface area (Å²) in [7, 11) is -0.908. The summed E-state index contributed by atoms with van der Waals surface area (Å²) in [4.78, 5) is 13.1. The van der Waals surface area contributed by atoms with Gasteiger partial charge in [-0.25, -0.2) is 18.7 Å². The van der Waals surface area contributed by atoms with Crippen LogP contribution < -0.4 is 15.4 Å². The van der Waals surface area contributed by atoms with Crippen molar-refractivity contribution >= 4 is 33.7 Å². The number of pyridine rings is 1. The SMILES string of the molecule is CCOc1cc(F)c(CNc2ccccc2C(=N)c2ncc(CCC[S@@](C)=O)c(Nc3ccncc3)n2)c(F)c1. The summed E-state index contributed by atoms with van der Waals surface area (Å²) in [5.74, 6) is -0.0507. The van der Waals surface area contributed by atoms with E-state index < -0.39 is 22.4 Å². The van der Waals surface area contributed by atoms with Crippen molar-refractivity contribution in [3.8, 4) is 5.75 Å². The minimum atomic E-state index is -0.908. The third kappa shape index (κ3) is 7.44. The van der Waals surface area contributed by atoms with Gasteiger partial charge >= 0.3 is 0 Å². The molecule has 4 aromatic rings. The van der Waals surface area contributed by atoms with Gasteiger partial charge in [-0.3, -0.25) is 14.6 Å². The molecule has 208 valence electrons. The van der Waals surface area contributed by atoms with Crippen LogP contribution in [0.4, 0.5) is 26.0 Å². The largest absolute Gasteiger partial charge is 0.494 e. The van der Waals surface area contributed by atoms with E-state index in [4.69, 9.17) is 10.1 Å². The Morgan fingerprint density at radius 2 is 1.82 bits per heavy atom. The van der Waals surface area contributed by atoms with Crippen LogP contribution in [0.15, 0.2) is 67.1 Å². The molecule has 0 fully saturated rings. The lowest BCUT2D eigenvalue weighted by Gasteiger charge is -2.16. The molecule has 0 saturated heterocycles. The molecular weight excluding hydrogens is 534 g/mol. The van der Waals surface area contributed by atoms with E-state index in [1.807, 2.05) is 0 Å².